The van der Waals surface area contributed by atoms with Crippen LogP contribution < -0.4 is 5.32 Å². The highest BCUT2D eigenvalue weighted by Gasteiger charge is 2.20. The van der Waals surface area contributed by atoms with Gasteiger partial charge in [0.25, 0.3) is 5.91 Å². The molecule has 0 spiro atoms. The minimum atomic E-state index is -0.621. The SMILES string of the molecule is Cc1cc([N+](=O)[O-])n(CC(=O)Nc2cc(Cl)ccc2O)n1. The second-order valence-corrected chi connectivity index (χ2v) is 4.70. The van der Waals surface area contributed by atoms with Gasteiger partial charge in [0, 0.05) is 5.02 Å². The first kappa shape index (κ1) is 14.8. The summed E-state index contributed by atoms with van der Waals surface area (Å²) in [4.78, 5) is 22.1. The van der Waals surface area contributed by atoms with Crippen LogP contribution in [0.4, 0.5) is 11.5 Å². The average molecular weight is 311 g/mol. The van der Waals surface area contributed by atoms with Gasteiger partial charge in [-0.2, -0.15) is 0 Å². The minimum Gasteiger partial charge on any atom is -0.506 e. The third-order valence-electron chi connectivity index (χ3n) is 2.59. The molecular weight excluding hydrogens is 300 g/mol. The molecule has 0 aliphatic carbocycles. The maximum atomic E-state index is 11.9. The number of anilines is 1. The molecule has 2 aromatic rings. The summed E-state index contributed by atoms with van der Waals surface area (Å²) in [5, 5.41) is 27.1. The van der Waals surface area contributed by atoms with Crippen LogP contribution in [-0.2, 0) is 11.3 Å². The first-order valence-corrected chi connectivity index (χ1v) is 6.22. The molecule has 2 N–H and O–H groups in total. The normalized spacial score (nSPS) is 10.4. The van der Waals surface area contributed by atoms with Crippen molar-refractivity contribution in [3.05, 3.63) is 45.1 Å². The highest BCUT2D eigenvalue weighted by molar-refractivity contribution is 6.31. The quantitative estimate of drug-likeness (QED) is 0.510. The highest BCUT2D eigenvalue weighted by atomic mass is 35.5. The molecule has 0 aliphatic rings. The molecule has 8 nitrogen and oxygen atoms in total. The predicted molar refractivity (Wildman–Crippen MR) is 75.4 cm³/mol. The lowest BCUT2D eigenvalue weighted by Crippen LogP contribution is -2.20. The molecule has 1 aromatic heterocycles. The topological polar surface area (TPSA) is 110 Å². The number of halogens is 1. The summed E-state index contributed by atoms with van der Waals surface area (Å²) < 4.78 is 0.978. The number of nitrogens with zero attached hydrogens (tertiary/aromatic N) is 3. The fourth-order valence-electron chi connectivity index (χ4n) is 1.73. The van der Waals surface area contributed by atoms with E-state index in [4.69, 9.17) is 11.6 Å². The zero-order chi connectivity index (χ0) is 15.6. The number of hydrogen-bond acceptors (Lipinski definition) is 5. The Balaban J connectivity index is 2.15. The standard InChI is InChI=1S/C12H11ClN4O4/c1-7-4-12(17(20)21)16(15-7)6-11(19)14-9-5-8(13)2-3-10(9)18/h2-5,18H,6H2,1H3,(H,14,19). The van der Waals surface area contributed by atoms with E-state index in [0.29, 0.717) is 10.7 Å². The third kappa shape index (κ3) is 3.48. The molecule has 0 bridgehead atoms. The maximum Gasteiger partial charge on any atom is 0.345 e. The smallest absolute Gasteiger partial charge is 0.345 e. The number of phenolic OH excluding ortho intramolecular Hbond substituents is 1. The molecule has 0 saturated carbocycles. The van der Waals surface area contributed by atoms with Gasteiger partial charge in [0.1, 0.15) is 5.75 Å². The zero-order valence-corrected chi connectivity index (χ0v) is 11.7. The predicted octanol–water partition coefficient (Wildman–Crippen LogP) is 2.10. The molecular formula is C12H11ClN4O4. The highest BCUT2D eigenvalue weighted by Crippen LogP contribution is 2.26. The van der Waals surface area contributed by atoms with Crippen LogP contribution in [0.5, 0.6) is 5.75 Å². The van der Waals surface area contributed by atoms with Crippen molar-refractivity contribution < 1.29 is 14.8 Å². The van der Waals surface area contributed by atoms with Crippen LogP contribution in [0.2, 0.25) is 5.02 Å². The van der Waals surface area contributed by atoms with Crippen LogP contribution in [0.3, 0.4) is 0 Å². The zero-order valence-electron chi connectivity index (χ0n) is 10.9. The number of hydrogen-bond donors (Lipinski definition) is 2. The second-order valence-electron chi connectivity index (χ2n) is 4.27. The average Bonchev–Trinajstić information content (AvgIpc) is 2.75. The van der Waals surface area contributed by atoms with E-state index in [1.807, 2.05) is 0 Å². The lowest BCUT2D eigenvalue weighted by molar-refractivity contribution is -0.392. The number of carbonyl (C=O) groups is 1. The summed E-state index contributed by atoms with van der Waals surface area (Å²) in [6, 6.07) is 5.44. The summed E-state index contributed by atoms with van der Waals surface area (Å²) in [6.07, 6.45) is 0. The van der Waals surface area contributed by atoms with E-state index >= 15 is 0 Å². The number of nitrogens with one attached hydrogen (secondary N) is 1. The molecule has 0 unspecified atom stereocenters. The third-order valence-corrected chi connectivity index (χ3v) is 2.83. The van der Waals surface area contributed by atoms with Crippen LogP contribution in [0.1, 0.15) is 5.69 Å². The fraction of sp³-hybridized carbons (Fsp3) is 0.167. The Morgan fingerprint density at radius 2 is 2.24 bits per heavy atom. The summed E-state index contributed by atoms with van der Waals surface area (Å²) in [6.45, 7) is 1.24. The van der Waals surface area contributed by atoms with Crippen LogP contribution in [-0.4, -0.2) is 25.7 Å². The van der Waals surface area contributed by atoms with Gasteiger partial charge in [0.2, 0.25) is 0 Å². The fourth-order valence-corrected chi connectivity index (χ4v) is 1.90. The van der Waals surface area contributed by atoms with E-state index in [1.165, 1.54) is 24.3 Å². The molecule has 0 atom stereocenters. The van der Waals surface area contributed by atoms with Gasteiger partial charge in [-0.15, -0.1) is 4.68 Å². The van der Waals surface area contributed by atoms with Gasteiger partial charge in [-0.25, -0.2) is 0 Å². The molecule has 9 heteroatoms. The lowest BCUT2D eigenvalue weighted by Gasteiger charge is -2.06. The van der Waals surface area contributed by atoms with Crippen molar-refractivity contribution in [1.82, 2.24) is 9.78 Å². The number of aromatic nitrogens is 2. The Kier molecular flexibility index (Phi) is 4.08. The Labute approximate surface area is 124 Å². The molecule has 1 amide bonds. The van der Waals surface area contributed by atoms with E-state index in [0.717, 1.165) is 4.68 Å². The van der Waals surface area contributed by atoms with Gasteiger partial charge in [0.05, 0.1) is 17.4 Å². The minimum absolute atomic E-state index is 0.124. The van der Waals surface area contributed by atoms with Crippen molar-refractivity contribution in [2.75, 3.05) is 5.32 Å². The van der Waals surface area contributed by atoms with Crippen molar-refractivity contribution in [3.63, 3.8) is 0 Å². The Morgan fingerprint density at radius 1 is 1.52 bits per heavy atom. The summed E-state index contributed by atoms with van der Waals surface area (Å²) >= 11 is 5.76. The van der Waals surface area contributed by atoms with Gasteiger partial charge < -0.3 is 20.5 Å². The first-order valence-electron chi connectivity index (χ1n) is 5.84. The van der Waals surface area contributed by atoms with Gasteiger partial charge in [-0.1, -0.05) is 16.7 Å². The number of carbonyl (C=O) groups excluding carboxylic acids is 1. The number of aryl methyl sites for hydroxylation is 1. The Hall–Kier alpha value is -2.61. The molecule has 1 heterocycles. The van der Waals surface area contributed by atoms with Gasteiger partial charge in [-0.05, 0) is 30.0 Å². The summed E-state index contributed by atoms with van der Waals surface area (Å²) in [5.41, 5.74) is 0.555. The number of aromatic hydroxyl groups is 1. The molecule has 0 fully saturated rings. The van der Waals surface area contributed by atoms with Crippen LogP contribution in [0.25, 0.3) is 0 Å². The monoisotopic (exact) mass is 310 g/mol. The number of phenols is 1. The number of amides is 1. The molecule has 21 heavy (non-hydrogen) atoms. The molecule has 1 aromatic carbocycles. The number of nitro groups is 1. The summed E-state index contributed by atoms with van der Waals surface area (Å²) in [7, 11) is 0. The summed E-state index contributed by atoms with van der Waals surface area (Å²) in [5.74, 6) is -1.00. The maximum absolute atomic E-state index is 11.9. The molecule has 110 valence electrons. The van der Waals surface area contributed by atoms with Gasteiger partial charge in [-0.3, -0.25) is 4.79 Å². The van der Waals surface area contributed by atoms with Crippen molar-refractivity contribution in [3.8, 4) is 5.75 Å². The van der Waals surface area contributed by atoms with Crippen molar-refractivity contribution in [2.45, 2.75) is 13.5 Å². The van der Waals surface area contributed by atoms with Gasteiger partial charge >= 0.3 is 5.82 Å². The second kappa shape index (κ2) is 5.80. The molecule has 0 saturated heterocycles. The first-order chi connectivity index (χ1) is 9.86. The molecule has 0 aliphatic heterocycles. The van der Waals surface area contributed by atoms with E-state index in [9.17, 15) is 20.0 Å². The van der Waals surface area contributed by atoms with Crippen LogP contribution >= 0.6 is 11.6 Å². The lowest BCUT2D eigenvalue weighted by atomic mass is 10.3. The van der Waals surface area contributed by atoms with E-state index in [2.05, 4.69) is 10.4 Å². The Bertz CT molecular complexity index is 713. The van der Waals surface area contributed by atoms with E-state index in [1.54, 1.807) is 6.92 Å². The van der Waals surface area contributed by atoms with Crippen LogP contribution in [0, 0.1) is 17.0 Å². The molecule has 2 rings (SSSR count). The van der Waals surface area contributed by atoms with Crippen molar-refractivity contribution >= 4 is 29.0 Å². The van der Waals surface area contributed by atoms with E-state index in [-0.39, 0.29) is 23.8 Å². The Morgan fingerprint density at radius 3 is 2.90 bits per heavy atom. The van der Waals surface area contributed by atoms with Crippen LogP contribution in [0.15, 0.2) is 24.3 Å². The molecule has 0 radical (unpaired) electrons. The van der Waals surface area contributed by atoms with E-state index < -0.39 is 10.8 Å². The largest absolute Gasteiger partial charge is 0.506 e. The number of benzene rings is 1. The van der Waals surface area contributed by atoms with Crippen molar-refractivity contribution in [1.29, 1.82) is 0 Å². The number of rotatable bonds is 4. The van der Waals surface area contributed by atoms with Gasteiger partial charge in [0.15, 0.2) is 6.54 Å². The van der Waals surface area contributed by atoms with Crippen molar-refractivity contribution in [2.24, 2.45) is 0 Å².